The summed E-state index contributed by atoms with van der Waals surface area (Å²) in [4.78, 5) is 0. The maximum atomic E-state index is 5.82. The zero-order chi connectivity index (χ0) is 11.9. The molecule has 0 rings (SSSR count). The molecule has 0 aliphatic rings. The van der Waals surface area contributed by atoms with Gasteiger partial charge in [0.1, 0.15) is 0 Å². The lowest BCUT2D eigenvalue weighted by Crippen LogP contribution is -2.33. The van der Waals surface area contributed by atoms with Gasteiger partial charge in [-0.15, -0.1) is 0 Å². The summed E-state index contributed by atoms with van der Waals surface area (Å²) in [5, 5.41) is 0. The molecule has 0 amide bonds. The summed E-state index contributed by atoms with van der Waals surface area (Å²) >= 11 is 0. The van der Waals surface area contributed by atoms with E-state index in [1.165, 1.54) is 18.5 Å². The number of hydrogen-bond donors (Lipinski definition) is 0. The maximum Gasteiger partial charge on any atom is 0.186 e. The molecule has 0 aliphatic heterocycles. The van der Waals surface area contributed by atoms with Crippen molar-refractivity contribution in [3.8, 4) is 0 Å². The Morgan fingerprint density at radius 3 is 1.33 bits per heavy atom. The molecule has 0 unspecified atom stereocenters. The van der Waals surface area contributed by atoms with Gasteiger partial charge in [-0.25, -0.2) is 0 Å². The standard InChI is InChI=1S/C11H28O2Si2/c1-7-12-14(3,4)10-9-11-15(5,6)13-8-2/h7-11H2,1-6H3. The Morgan fingerprint density at radius 2 is 1.07 bits per heavy atom. The van der Waals surface area contributed by atoms with Crippen LogP contribution >= 0.6 is 0 Å². The number of rotatable bonds is 8. The molecule has 0 aromatic rings. The summed E-state index contributed by atoms with van der Waals surface area (Å²) in [7, 11) is -2.72. The smallest absolute Gasteiger partial charge is 0.186 e. The van der Waals surface area contributed by atoms with Gasteiger partial charge < -0.3 is 8.85 Å². The second kappa shape index (κ2) is 6.83. The van der Waals surface area contributed by atoms with E-state index in [1.807, 2.05) is 0 Å². The molecule has 0 aromatic carbocycles. The lowest BCUT2D eigenvalue weighted by molar-refractivity contribution is 0.323. The van der Waals surface area contributed by atoms with Gasteiger partial charge in [-0.3, -0.25) is 0 Å². The highest BCUT2D eigenvalue weighted by atomic mass is 28.4. The van der Waals surface area contributed by atoms with Crippen molar-refractivity contribution in [3.05, 3.63) is 0 Å². The lowest BCUT2D eigenvalue weighted by atomic mass is 10.6. The predicted molar refractivity (Wildman–Crippen MR) is 72.4 cm³/mol. The zero-order valence-electron chi connectivity index (χ0n) is 11.4. The molecule has 0 fully saturated rings. The van der Waals surface area contributed by atoms with Crippen LogP contribution in [0.4, 0.5) is 0 Å². The van der Waals surface area contributed by atoms with Crippen molar-refractivity contribution in [2.75, 3.05) is 13.2 Å². The Morgan fingerprint density at radius 1 is 0.733 bits per heavy atom. The first-order valence-electron chi connectivity index (χ1n) is 6.11. The van der Waals surface area contributed by atoms with E-state index in [4.69, 9.17) is 8.85 Å². The van der Waals surface area contributed by atoms with E-state index >= 15 is 0 Å². The monoisotopic (exact) mass is 248 g/mol. The van der Waals surface area contributed by atoms with Crippen molar-refractivity contribution < 1.29 is 8.85 Å². The van der Waals surface area contributed by atoms with Crippen LogP contribution in [0.5, 0.6) is 0 Å². The third-order valence-electron chi connectivity index (χ3n) is 2.63. The Labute approximate surface area is 97.6 Å². The van der Waals surface area contributed by atoms with Crippen LogP contribution in [-0.2, 0) is 8.85 Å². The first-order valence-corrected chi connectivity index (χ1v) is 12.3. The van der Waals surface area contributed by atoms with Crippen molar-refractivity contribution in [1.82, 2.24) is 0 Å². The van der Waals surface area contributed by atoms with Crippen molar-refractivity contribution in [2.45, 2.75) is 58.5 Å². The summed E-state index contributed by atoms with van der Waals surface area (Å²) in [6.07, 6.45) is 1.28. The quantitative estimate of drug-likeness (QED) is 0.607. The predicted octanol–water partition coefficient (Wildman–Crippen LogP) is 3.86. The normalized spacial score (nSPS) is 13.2. The van der Waals surface area contributed by atoms with Crippen LogP contribution in [0.15, 0.2) is 0 Å². The molecular weight excluding hydrogens is 220 g/mol. The molecule has 0 heterocycles. The van der Waals surface area contributed by atoms with Gasteiger partial charge in [-0.1, -0.05) is 6.42 Å². The highest BCUT2D eigenvalue weighted by Crippen LogP contribution is 2.20. The molecule has 0 spiro atoms. The fourth-order valence-corrected chi connectivity index (χ4v) is 6.13. The van der Waals surface area contributed by atoms with Gasteiger partial charge in [0.2, 0.25) is 0 Å². The highest BCUT2D eigenvalue weighted by molar-refractivity contribution is 6.72. The molecular formula is C11H28O2Si2. The van der Waals surface area contributed by atoms with Crippen LogP contribution in [0.1, 0.15) is 20.3 Å². The molecule has 15 heavy (non-hydrogen) atoms. The fraction of sp³-hybridized carbons (Fsp3) is 1.00. The Kier molecular flexibility index (Phi) is 6.99. The van der Waals surface area contributed by atoms with Crippen molar-refractivity contribution in [3.63, 3.8) is 0 Å². The second-order valence-electron chi connectivity index (χ2n) is 5.24. The fourth-order valence-electron chi connectivity index (χ4n) is 1.87. The molecule has 0 aliphatic carbocycles. The lowest BCUT2D eigenvalue weighted by Gasteiger charge is -2.25. The van der Waals surface area contributed by atoms with Crippen molar-refractivity contribution in [2.24, 2.45) is 0 Å². The van der Waals surface area contributed by atoms with Gasteiger partial charge in [0, 0.05) is 13.2 Å². The SMILES string of the molecule is CCO[Si](C)(C)CCC[Si](C)(C)OCC. The van der Waals surface area contributed by atoms with E-state index in [0.717, 1.165) is 13.2 Å². The average Bonchev–Trinajstić information content (AvgIpc) is 2.02. The first kappa shape index (κ1) is 15.4. The molecule has 2 nitrogen and oxygen atoms in total. The van der Waals surface area contributed by atoms with E-state index in [9.17, 15) is 0 Å². The minimum Gasteiger partial charge on any atom is -0.418 e. The van der Waals surface area contributed by atoms with E-state index in [0.29, 0.717) is 0 Å². The highest BCUT2D eigenvalue weighted by Gasteiger charge is 2.25. The molecule has 92 valence electrons. The van der Waals surface area contributed by atoms with Crippen LogP contribution in [-0.4, -0.2) is 29.8 Å². The zero-order valence-corrected chi connectivity index (χ0v) is 13.4. The molecule has 0 atom stereocenters. The van der Waals surface area contributed by atoms with E-state index in [-0.39, 0.29) is 0 Å². The minimum atomic E-state index is -1.36. The Bertz CT molecular complexity index is 152. The van der Waals surface area contributed by atoms with Crippen molar-refractivity contribution in [1.29, 1.82) is 0 Å². The van der Waals surface area contributed by atoms with Gasteiger partial charge in [-0.2, -0.15) is 0 Å². The summed E-state index contributed by atoms with van der Waals surface area (Å²) in [5.74, 6) is 0. The number of hydrogen-bond acceptors (Lipinski definition) is 2. The second-order valence-corrected chi connectivity index (χ2v) is 13.9. The molecule has 4 heteroatoms. The van der Waals surface area contributed by atoms with Gasteiger partial charge in [0.05, 0.1) is 0 Å². The van der Waals surface area contributed by atoms with Gasteiger partial charge in [-0.05, 0) is 52.1 Å². The van der Waals surface area contributed by atoms with E-state index in [2.05, 4.69) is 40.0 Å². The molecule has 0 saturated carbocycles. The third-order valence-corrected chi connectivity index (χ3v) is 7.88. The summed E-state index contributed by atoms with van der Waals surface area (Å²) < 4.78 is 11.6. The van der Waals surface area contributed by atoms with Crippen molar-refractivity contribution >= 4 is 16.6 Å². The van der Waals surface area contributed by atoms with Gasteiger partial charge >= 0.3 is 0 Å². The summed E-state index contributed by atoms with van der Waals surface area (Å²) in [5.41, 5.74) is 0. The Hall–Kier alpha value is 0.354. The Balaban J connectivity index is 3.77. The largest absolute Gasteiger partial charge is 0.418 e. The van der Waals surface area contributed by atoms with Crippen LogP contribution in [0.25, 0.3) is 0 Å². The topological polar surface area (TPSA) is 18.5 Å². The van der Waals surface area contributed by atoms with Gasteiger partial charge in [0.25, 0.3) is 0 Å². The third kappa shape index (κ3) is 8.19. The van der Waals surface area contributed by atoms with E-state index < -0.39 is 16.6 Å². The molecule has 0 saturated heterocycles. The van der Waals surface area contributed by atoms with E-state index in [1.54, 1.807) is 0 Å². The summed E-state index contributed by atoms with van der Waals surface area (Å²) in [6, 6.07) is 2.54. The summed E-state index contributed by atoms with van der Waals surface area (Å²) in [6.45, 7) is 15.2. The van der Waals surface area contributed by atoms with Gasteiger partial charge in [0.15, 0.2) is 16.6 Å². The molecule has 0 radical (unpaired) electrons. The first-order chi connectivity index (χ1) is 6.83. The van der Waals surface area contributed by atoms with Crippen LogP contribution in [0.3, 0.4) is 0 Å². The van der Waals surface area contributed by atoms with Crippen LogP contribution in [0.2, 0.25) is 38.3 Å². The maximum absolute atomic E-state index is 5.82. The molecule has 0 aromatic heterocycles. The minimum absolute atomic E-state index is 0.867. The van der Waals surface area contributed by atoms with Crippen LogP contribution in [0, 0.1) is 0 Å². The van der Waals surface area contributed by atoms with Crippen LogP contribution < -0.4 is 0 Å². The average molecular weight is 249 g/mol. The molecule has 0 bridgehead atoms. The molecule has 0 N–H and O–H groups in total.